The lowest BCUT2D eigenvalue weighted by Crippen LogP contribution is -2.35. The minimum Gasteiger partial charge on any atom is -0.481 e. The Kier molecular flexibility index (Phi) is 6.27. The van der Waals surface area contributed by atoms with Crippen LogP contribution in [0.5, 0.6) is 5.88 Å². The largest absolute Gasteiger partial charge is 0.481 e. The molecule has 0 aromatic carbocycles. The van der Waals surface area contributed by atoms with Crippen molar-refractivity contribution < 1.29 is 19.1 Å². The highest BCUT2D eigenvalue weighted by molar-refractivity contribution is 6.01. The van der Waals surface area contributed by atoms with E-state index in [9.17, 15) is 9.59 Å². The van der Waals surface area contributed by atoms with Crippen molar-refractivity contribution in [2.24, 2.45) is 0 Å². The Morgan fingerprint density at radius 1 is 1.35 bits per heavy atom. The zero-order valence-corrected chi connectivity index (χ0v) is 18.4. The third-order valence-corrected chi connectivity index (χ3v) is 6.27. The lowest BCUT2D eigenvalue weighted by molar-refractivity contribution is 0.0683. The molecule has 1 unspecified atom stereocenters. The molecule has 2 aromatic heterocycles. The first kappa shape index (κ1) is 21.4. The third kappa shape index (κ3) is 4.17. The van der Waals surface area contributed by atoms with Crippen molar-refractivity contribution in [2.75, 3.05) is 20.3 Å². The Bertz CT molecular complexity index is 953. The maximum absolute atomic E-state index is 13.3. The van der Waals surface area contributed by atoms with Crippen LogP contribution < -0.4 is 10.1 Å². The van der Waals surface area contributed by atoms with E-state index in [-0.39, 0.29) is 23.9 Å². The van der Waals surface area contributed by atoms with Gasteiger partial charge in [0.15, 0.2) is 0 Å². The highest BCUT2D eigenvalue weighted by Crippen LogP contribution is 2.26. The van der Waals surface area contributed by atoms with Gasteiger partial charge in [-0.05, 0) is 37.8 Å². The maximum Gasteiger partial charge on any atom is 0.270 e. The van der Waals surface area contributed by atoms with E-state index in [1.54, 1.807) is 25.4 Å². The molecule has 0 aliphatic carbocycles. The Hall–Kier alpha value is -2.87. The molecule has 8 nitrogen and oxygen atoms in total. The number of amides is 2. The van der Waals surface area contributed by atoms with Gasteiger partial charge in [-0.3, -0.25) is 9.59 Å². The summed E-state index contributed by atoms with van der Waals surface area (Å²) in [5.74, 6) is 0.326. The monoisotopic (exact) mass is 426 g/mol. The van der Waals surface area contributed by atoms with Gasteiger partial charge in [0.25, 0.3) is 11.8 Å². The zero-order valence-electron chi connectivity index (χ0n) is 18.4. The lowest BCUT2D eigenvalue weighted by atomic mass is 10.1. The fraction of sp³-hybridized carbons (Fsp3) is 0.522. The minimum absolute atomic E-state index is 0.00130. The number of carbonyl (C=O) groups is 2. The van der Waals surface area contributed by atoms with Crippen molar-refractivity contribution in [3.8, 4) is 5.88 Å². The Morgan fingerprint density at radius 2 is 2.19 bits per heavy atom. The first-order valence-electron chi connectivity index (χ1n) is 10.9. The van der Waals surface area contributed by atoms with Gasteiger partial charge in [0, 0.05) is 31.4 Å². The van der Waals surface area contributed by atoms with Gasteiger partial charge in [0.05, 0.1) is 37.6 Å². The second kappa shape index (κ2) is 9.09. The Morgan fingerprint density at radius 3 is 2.84 bits per heavy atom. The predicted molar refractivity (Wildman–Crippen MR) is 115 cm³/mol. The highest BCUT2D eigenvalue weighted by Gasteiger charge is 2.32. The first-order valence-corrected chi connectivity index (χ1v) is 10.9. The van der Waals surface area contributed by atoms with Crippen LogP contribution in [-0.2, 0) is 17.9 Å². The SMILES string of the molecule is CC[C@@H](NC(=O)c1cc(C(=O)N2CCCC2C)n2c1COCC2)c1ccc(OC)nc1. The molecule has 31 heavy (non-hydrogen) atoms. The minimum atomic E-state index is -0.203. The number of nitrogens with one attached hydrogen (secondary N) is 1. The molecule has 0 bridgehead atoms. The molecular weight excluding hydrogens is 396 g/mol. The molecule has 0 saturated carbocycles. The summed E-state index contributed by atoms with van der Waals surface area (Å²) in [6.45, 7) is 6.29. The van der Waals surface area contributed by atoms with Gasteiger partial charge in [-0.1, -0.05) is 13.0 Å². The molecule has 0 spiro atoms. The number of rotatable bonds is 6. The van der Waals surface area contributed by atoms with E-state index < -0.39 is 0 Å². The van der Waals surface area contributed by atoms with Crippen LogP contribution in [0.2, 0.25) is 0 Å². The van der Waals surface area contributed by atoms with Crippen LogP contribution in [0.4, 0.5) is 0 Å². The summed E-state index contributed by atoms with van der Waals surface area (Å²) in [4.78, 5) is 32.7. The Labute approximate surface area is 182 Å². The van der Waals surface area contributed by atoms with E-state index in [1.165, 1.54) is 0 Å². The molecule has 2 aromatic rings. The van der Waals surface area contributed by atoms with E-state index in [2.05, 4.69) is 17.2 Å². The van der Waals surface area contributed by atoms with Gasteiger partial charge in [-0.15, -0.1) is 0 Å². The number of fused-ring (bicyclic) bond motifs is 1. The zero-order chi connectivity index (χ0) is 22.0. The standard InChI is InChI=1S/C23H30N4O4/c1-4-18(16-7-8-21(30-3)24-13-16)25-22(28)17-12-19(27-10-11-31-14-20(17)27)23(29)26-9-5-6-15(26)2/h7-8,12-13,15,18H,4-6,9-11,14H2,1-3H3,(H,25,28)/t15?,18-/m1/s1. The van der Waals surface area contributed by atoms with Crippen molar-refractivity contribution in [1.82, 2.24) is 19.8 Å². The first-order chi connectivity index (χ1) is 15.0. The quantitative estimate of drug-likeness (QED) is 0.768. The van der Waals surface area contributed by atoms with E-state index in [0.29, 0.717) is 43.3 Å². The normalized spacial score (nSPS) is 19.1. The molecule has 1 fully saturated rings. The van der Waals surface area contributed by atoms with Crippen molar-refractivity contribution in [3.63, 3.8) is 0 Å². The average molecular weight is 427 g/mol. The summed E-state index contributed by atoms with van der Waals surface area (Å²) < 4.78 is 12.7. The molecule has 2 aliphatic heterocycles. The second-order valence-corrected chi connectivity index (χ2v) is 8.15. The van der Waals surface area contributed by atoms with Crippen molar-refractivity contribution in [3.05, 3.63) is 46.9 Å². The number of carbonyl (C=O) groups excluding carboxylic acids is 2. The maximum atomic E-state index is 13.3. The van der Waals surface area contributed by atoms with E-state index in [4.69, 9.17) is 9.47 Å². The number of hydrogen-bond acceptors (Lipinski definition) is 5. The summed E-state index contributed by atoms with van der Waals surface area (Å²) >= 11 is 0. The van der Waals surface area contributed by atoms with Gasteiger partial charge in [-0.25, -0.2) is 4.98 Å². The van der Waals surface area contributed by atoms with Crippen LogP contribution >= 0.6 is 0 Å². The third-order valence-electron chi connectivity index (χ3n) is 6.27. The summed E-state index contributed by atoms with van der Waals surface area (Å²) in [5.41, 5.74) is 2.76. The van der Waals surface area contributed by atoms with Crippen LogP contribution in [0, 0.1) is 0 Å². The average Bonchev–Trinajstić information content (AvgIpc) is 3.41. The number of ether oxygens (including phenoxy) is 2. The van der Waals surface area contributed by atoms with E-state index >= 15 is 0 Å². The van der Waals surface area contributed by atoms with Gasteiger partial charge in [0.2, 0.25) is 5.88 Å². The summed E-state index contributed by atoms with van der Waals surface area (Å²) in [5, 5.41) is 3.10. The molecule has 2 amide bonds. The summed E-state index contributed by atoms with van der Waals surface area (Å²) in [7, 11) is 1.57. The molecule has 0 radical (unpaired) electrons. The van der Waals surface area contributed by atoms with Crippen LogP contribution in [0.25, 0.3) is 0 Å². The topological polar surface area (TPSA) is 85.7 Å². The molecule has 4 heterocycles. The fourth-order valence-electron chi connectivity index (χ4n) is 4.46. The number of methoxy groups -OCH3 is 1. The molecule has 8 heteroatoms. The van der Waals surface area contributed by atoms with Crippen LogP contribution in [0.3, 0.4) is 0 Å². The van der Waals surface area contributed by atoms with Crippen LogP contribution in [-0.4, -0.2) is 52.6 Å². The van der Waals surface area contributed by atoms with Crippen LogP contribution in [0.1, 0.15) is 71.3 Å². The van der Waals surface area contributed by atoms with Gasteiger partial charge in [-0.2, -0.15) is 0 Å². The smallest absolute Gasteiger partial charge is 0.270 e. The second-order valence-electron chi connectivity index (χ2n) is 8.15. The van der Waals surface area contributed by atoms with Crippen molar-refractivity contribution in [2.45, 2.75) is 58.3 Å². The number of pyridine rings is 1. The molecule has 1 N–H and O–H groups in total. The molecule has 2 aliphatic rings. The Balaban J connectivity index is 1.60. The number of likely N-dealkylation sites (tertiary alicyclic amines) is 1. The molecule has 166 valence electrons. The number of hydrogen-bond donors (Lipinski definition) is 1. The predicted octanol–water partition coefficient (Wildman–Crippen LogP) is 2.93. The molecule has 2 atom stereocenters. The fourth-order valence-corrected chi connectivity index (χ4v) is 4.46. The van der Waals surface area contributed by atoms with E-state index in [0.717, 1.165) is 30.6 Å². The van der Waals surface area contributed by atoms with Gasteiger partial charge >= 0.3 is 0 Å². The van der Waals surface area contributed by atoms with Gasteiger partial charge < -0.3 is 24.3 Å². The number of nitrogens with zero attached hydrogens (tertiary/aromatic N) is 3. The molecular formula is C23H30N4O4. The highest BCUT2D eigenvalue weighted by atomic mass is 16.5. The molecule has 1 saturated heterocycles. The number of aromatic nitrogens is 2. The van der Waals surface area contributed by atoms with Gasteiger partial charge in [0.1, 0.15) is 5.69 Å². The molecule has 4 rings (SSSR count). The summed E-state index contributed by atoms with van der Waals surface area (Å²) in [6.07, 6.45) is 4.47. The lowest BCUT2D eigenvalue weighted by Gasteiger charge is -2.24. The summed E-state index contributed by atoms with van der Waals surface area (Å²) in [6, 6.07) is 5.46. The van der Waals surface area contributed by atoms with Crippen LogP contribution in [0.15, 0.2) is 24.4 Å². The van der Waals surface area contributed by atoms with E-state index in [1.807, 2.05) is 22.5 Å². The van der Waals surface area contributed by atoms with Crippen molar-refractivity contribution in [1.29, 1.82) is 0 Å². The van der Waals surface area contributed by atoms with Crippen molar-refractivity contribution >= 4 is 11.8 Å².